The lowest BCUT2D eigenvalue weighted by atomic mass is 10.0. The Hall–Kier alpha value is -3.30. The van der Waals surface area contributed by atoms with Crippen LogP contribution in [0.15, 0.2) is 69.2 Å². The van der Waals surface area contributed by atoms with Crippen molar-refractivity contribution in [2.45, 2.75) is 37.6 Å². The minimum atomic E-state index is 0.522. The zero-order valence-corrected chi connectivity index (χ0v) is 19.9. The molecule has 0 aliphatic rings. The predicted octanol–water partition coefficient (Wildman–Crippen LogP) is 5.86. The lowest BCUT2D eigenvalue weighted by Gasteiger charge is -2.17. The van der Waals surface area contributed by atoms with Crippen molar-refractivity contribution >= 4 is 23.1 Å². The number of rotatable bonds is 8. The Kier molecular flexibility index (Phi) is 6.32. The second-order valence-corrected chi connectivity index (χ2v) is 9.05. The highest BCUT2D eigenvalue weighted by molar-refractivity contribution is 7.98. The molecule has 9 heteroatoms. The van der Waals surface area contributed by atoms with Crippen LogP contribution in [0.3, 0.4) is 0 Å². The molecule has 0 atom stereocenters. The molecule has 5 aromatic rings. The van der Waals surface area contributed by atoms with E-state index in [-0.39, 0.29) is 0 Å². The number of hydrogen-bond acceptors (Lipinski definition) is 8. The summed E-state index contributed by atoms with van der Waals surface area (Å²) in [5.74, 6) is 2.45. The van der Waals surface area contributed by atoms with Crippen LogP contribution >= 0.6 is 23.1 Å². The fraction of sp³-hybridized carbons (Fsp3) is 0.208. The molecule has 0 unspecified atom stereocenters. The van der Waals surface area contributed by atoms with Crippen LogP contribution in [0.2, 0.25) is 0 Å². The zero-order chi connectivity index (χ0) is 22.6. The molecule has 5 rings (SSSR count). The van der Waals surface area contributed by atoms with Gasteiger partial charge in [-0.25, -0.2) is 0 Å². The molecule has 0 N–H and O–H groups in total. The summed E-state index contributed by atoms with van der Waals surface area (Å²) in [6, 6.07) is 12.4. The van der Waals surface area contributed by atoms with Gasteiger partial charge in [-0.15, -0.1) is 10.2 Å². The Morgan fingerprint density at radius 2 is 1.85 bits per heavy atom. The highest BCUT2D eigenvalue weighted by Crippen LogP contribution is 2.33. The molecule has 33 heavy (non-hydrogen) atoms. The lowest BCUT2D eigenvalue weighted by Crippen LogP contribution is -2.07. The van der Waals surface area contributed by atoms with Crippen LogP contribution in [0.5, 0.6) is 0 Å². The third-order valence-electron chi connectivity index (χ3n) is 5.31. The van der Waals surface area contributed by atoms with E-state index in [1.165, 1.54) is 11.1 Å². The Morgan fingerprint density at radius 1 is 1.00 bits per heavy atom. The number of para-hydroxylation sites is 1. The third-order valence-corrected chi connectivity index (χ3v) is 6.92. The van der Waals surface area contributed by atoms with Crippen LogP contribution in [0.25, 0.3) is 28.5 Å². The van der Waals surface area contributed by atoms with Crippen molar-refractivity contribution < 1.29 is 4.52 Å². The quantitative estimate of drug-likeness (QED) is 0.261. The van der Waals surface area contributed by atoms with Crippen molar-refractivity contribution in [3.05, 3.63) is 76.5 Å². The van der Waals surface area contributed by atoms with Gasteiger partial charge in [0.2, 0.25) is 0 Å². The zero-order valence-electron chi connectivity index (χ0n) is 18.3. The summed E-state index contributed by atoms with van der Waals surface area (Å²) in [6.07, 6.45) is 5.40. The molecule has 0 bridgehead atoms. The fourth-order valence-corrected chi connectivity index (χ4v) is 5.11. The lowest BCUT2D eigenvalue weighted by molar-refractivity contribution is 0.425. The number of pyridine rings is 1. The van der Waals surface area contributed by atoms with Gasteiger partial charge in [-0.2, -0.15) is 16.3 Å². The minimum Gasteiger partial charge on any atom is -0.334 e. The normalized spacial score (nSPS) is 11.2. The van der Waals surface area contributed by atoms with Gasteiger partial charge in [-0.3, -0.25) is 9.55 Å². The molecule has 0 amide bonds. The average Bonchev–Trinajstić information content (AvgIpc) is 3.63. The van der Waals surface area contributed by atoms with E-state index in [1.807, 2.05) is 35.2 Å². The highest BCUT2D eigenvalue weighted by Gasteiger charge is 2.21. The van der Waals surface area contributed by atoms with Gasteiger partial charge in [0.25, 0.3) is 5.89 Å². The Balaban J connectivity index is 1.55. The first kappa shape index (κ1) is 21.5. The Labute approximate surface area is 199 Å². The van der Waals surface area contributed by atoms with Gasteiger partial charge < -0.3 is 4.52 Å². The van der Waals surface area contributed by atoms with Gasteiger partial charge in [0.05, 0.1) is 17.0 Å². The predicted molar refractivity (Wildman–Crippen MR) is 131 cm³/mol. The van der Waals surface area contributed by atoms with E-state index in [4.69, 9.17) is 4.52 Å². The number of hydrogen-bond donors (Lipinski definition) is 0. The van der Waals surface area contributed by atoms with E-state index in [9.17, 15) is 0 Å². The third kappa shape index (κ3) is 4.34. The van der Waals surface area contributed by atoms with Gasteiger partial charge in [0.15, 0.2) is 16.8 Å². The molecule has 1 aromatic carbocycles. The van der Waals surface area contributed by atoms with Crippen LogP contribution in [-0.2, 0) is 18.6 Å². The number of benzene rings is 1. The number of aryl methyl sites for hydroxylation is 2. The summed E-state index contributed by atoms with van der Waals surface area (Å²) in [5.41, 5.74) is 5.50. The van der Waals surface area contributed by atoms with Crippen molar-refractivity contribution in [3.8, 4) is 28.5 Å². The molecule has 4 heterocycles. The molecular weight excluding hydrogens is 452 g/mol. The maximum Gasteiger partial charge on any atom is 0.258 e. The summed E-state index contributed by atoms with van der Waals surface area (Å²) >= 11 is 3.15. The highest BCUT2D eigenvalue weighted by atomic mass is 32.2. The second kappa shape index (κ2) is 9.68. The van der Waals surface area contributed by atoms with Gasteiger partial charge >= 0.3 is 0 Å². The van der Waals surface area contributed by atoms with Crippen molar-refractivity contribution in [2.75, 3.05) is 0 Å². The molecule has 0 aliphatic heterocycles. The monoisotopic (exact) mass is 474 g/mol. The van der Waals surface area contributed by atoms with E-state index < -0.39 is 0 Å². The number of nitrogens with zero attached hydrogens (tertiary/aromatic N) is 6. The maximum absolute atomic E-state index is 5.44. The first-order chi connectivity index (χ1) is 16.3. The van der Waals surface area contributed by atoms with Gasteiger partial charge in [0.1, 0.15) is 0 Å². The van der Waals surface area contributed by atoms with Crippen LogP contribution < -0.4 is 0 Å². The van der Waals surface area contributed by atoms with Gasteiger partial charge in [0, 0.05) is 23.3 Å². The SMILES string of the molecule is CCc1cccc(CC)c1-n1c(SCc2noc(-c3ccsc3)n2)nnc1-c1cccnc1. The first-order valence-electron chi connectivity index (χ1n) is 10.7. The largest absolute Gasteiger partial charge is 0.334 e. The van der Waals surface area contributed by atoms with Gasteiger partial charge in [-0.1, -0.05) is 49.0 Å². The molecular formula is C24H22N6OS2. The molecule has 0 fully saturated rings. The molecule has 0 saturated carbocycles. The van der Waals surface area contributed by atoms with Crippen LogP contribution in [-0.4, -0.2) is 29.9 Å². The molecule has 0 saturated heterocycles. The second-order valence-electron chi connectivity index (χ2n) is 7.33. The summed E-state index contributed by atoms with van der Waals surface area (Å²) in [6.45, 7) is 4.34. The summed E-state index contributed by atoms with van der Waals surface area (Å²) in [5, 5.41) is 18.0. The van der Waals surface area contributed by atoms with Crippen LogP contribution in [0.4, 0.5) is 0 Å². The minimum absolute atomic E-state index is 0.522. The first-order valence-corrected chi connectivity index (χ1v) is 12.7. The molecule has 0 radical (unpaired) electrons. The van der Waals surface area contributed by atoms with Crippen LogP contribution in [0.1, 0.15) is 30.8 Å². The van der Waals surface area contributed by atoms with Gasteiger partial charge in [-0.05, 0) is 47.5 Å². The Morgan fingerprint density at radius 3 is 2.55 bits per heavy atom. The standard InChI is InChI=1S/C24H22N6OS2/c1-3-16-7-5-8-17(4-2)21(16)30-22(18-9-6-11-25-13-18)27-28-24(30)33-15-20-26-23(31-29-20)19-10-12-32-14-19/h5-14H,3-4,15H2,1-2H3. The Bertz CT molecular complexity index is 1320. The van der Waals surface area contributed by atoms with Crippen molar-refractivity contribution in [3.63, 3.8) is 0 Å². The molecule has 166 valence electrons. The fourth-order valence-electron chi connectivity index (χ4n) is 3.69. The van der Waals surface area contributed by atoms with E-state index in [0.717, 1.165) is 40.6 Å². The molecule has 4 aromatic heterocycles. The number of thiophene rings is 1. The van der Waals surface area contributed by atoms with E-state index >= 15 is 0 Å². The smallest absolute Gasteiger partial charge is 0.258 e. The van der Waals surface area contributed by atoms with Crippen LogP contribution in [0, 0.1) is 0 Å². The summed E-state index contributed by atoms with van der Waals surface area (Å²) < 4.78 is 7.59. The van der Waals surface area contributed by atoms with E-state index in [1.54, 1.807) is 29.3 Å². The summed E-state index contributed by atoms with van der Waals surface area (Å²) in [4.78, 5) is 8.83. The number of thioether (sulfide) groups is 1. The number of aromatic nitrogens is 6. The molecule has 7 nitrogen and oxygen atoms in total. The molecule has 0 aliphatic carbocycles. The summed E-state index contributed by atoms with van der Waals surface area (Å²) in [7, 11) is 0. The van der Waals surface area contributed by atoms with Crippen molar-refractivity contribution in [1.82, 2.24) is 29.9 Å². The topological polar surface area (TPSA) is 82.5 Å². The van der Waals surface area contributed by atoms with E-state index in [0.29, 0.717) is 17.5 Å². The molecule has 0 spiro atoms. The van der Waals surface area contributed by atoms with Crippen molar-refractivity contribution in [2.24, 2.45) is 0 Å². The van der Waals surface area contributed by atoms with Crippen molar-refractivity contribution in [1.29, 1.82) is 0 Å². The van der Waals surface area contributed by atoms with E-state index in [2.05, 4.69) is 61.9 Å². The average molecular weight is 475 g/mol. The maximum atomic E-state index is 5.44.